The van der Waals surface area contributed by atoms with Crippen molar-refractivity contribution in [1.82, 2.24) is 9.80 Å². The maximum Gasteiger partial charge on any atom is 0.253 e. The summed E-state index contributed by atoms with van der Waals surface area (Å²) in [5.41, 5.74) is 0.778. The van der Waals surface area contributed by atoms with Crippen molar-refractivity contribution in [2.24, 2.45) is 0 Å². The molecule has 0 aliphatic rings. The first-order valence-electron chi connectivity index (χ1n) is 6.14. The Morgan fingerprint density at radius 1 is 1.06 bits per heavy atom. The molecule has 0 N–H and O–H groups in total. The number of nitrogens with zero attached hydrogens (tertiary/aromatic N) is 2. The third kappa shape index (κ3) is 4.57. The predicted octanol–water partition coefficient (Wildman–Crippen LogP) is 2.10. The number of likely N-dealkylation sites (N-methyl/N-ethyl adjacent to an activating group) is 1. The summed E-state index contributed by atoms with van der Waals surface area (Å²) >= 11 is 0. The lowest BCUT2D eigenvalue weighted by atomic mass is 10.2. The summed E-state index contributed by atoms with van der Waals surface area (Å²) in [5, 5.41) is 0. The van der Waals surface area contributed by atoms with Crippen molar-refractivity contribution < 1.29 is 4.79 Å². The molecule has 3 heteroatoms. The van der Waals surface area contributed by atoms with E-state index in [1.807, 2.05) is 49.3 Å². The van der Waals surface area contributed by atoms with E-state index < -0.39 is 0 Å². The Labute approximate surface area is 104 Å². The molecule has 1 aromatic rings. The monoisotopic (exact) mass is 234 g/mol. The lowest BCUT2D eigenvalue weighted by Crippen LogP contribution is -2.37. The maximum absolute atomic E-state index is 12.3. The highest BCUT2D eigenvalue weighted by atomic mass is 16.2. The van der Waals surface area contributed by atoms with Gasteiger partial charge < -0.3 is 9.80 Å². The Balaban J connectivity index is 2.66. The summed E-state index contributed by atoms with van der Waals surface area (Å²) in [5.74, 6) is 0.134. The van der Waals surface area contributed by atoms with Crippen LogP contribution in [-0.4, -0.2) is 49.4 Å². The summed E-state index contributed by atoms with van der Waals surface area (Å²) in [4.78, 5) is 16.3. The average molecular weight is 234 g/mol. The van der Waals surface area contributed by atoms with Crippen LogP contribution < -0.4 is 0 Å². The first-order valence-corrected chi connectivity index (χ1v) is 6.14. The SMILES string of the molecule is CCCN(CCN(C)C)C(=O)c1ccccc1. The second-order valence-electron chi connectivity index (χ2n) is 4.46. The number of carbonyl (C=O) groups is 1. The van der Waals surface area contributed by atoms with Crippen molar-refractivity contribution in [3.05, 3.63) is 35.9 Å². The molecule has 0 atom stereocenters. The molecule has 0 aliphatic carbocycles. The number of amides is 1. The van der Waals surface area contributed by atoms with Crippen LogP contribution in [0.3, 0.4) is 0 Å². The second-order valence-corrected chi connectivity index (χ2v) is 4.46. The molecule has 0 bridgehead atoms. The van der Waals surface area contributed by atoms with Gasteiger partial charge in [-0.3, -0.25) is 4.79 Å². The molecular formula is C14H22N2O. The Morgan fingerprint density at radius 3 is 2.24 bits per heavy atom. The fourth-order valence-corrected chi connectivity index (χ4v) is 1.67. The lowest BCUT2D eigenvalue weighted by Gasteiger charge is -2.24. The predicted molar refractivity (Wildman–Crippen MR) is 71.2 cm³/mol. The molecule has 1 amide bonds. The van der Waals surface area contributed by atoms with Gasteiger partial charge in [-0.2, -0.15) is 0 Å². The van der Waals surface area contributed by atoms with E-state index in [4.69, 9.17) is 0 Å². The van der Waals surface area contributed by atoms with Crippen LogP contribution in [0, 0.1) is 0 Å². The highest BCUT2D eigenvalue weighted by molar-refractivity contribution is 5.94. The normalized spacial score (nSPS) is 10.6. The fraction of sp³-hybridized carbons (Fsp3) is 0.500. The van der Waals surface area contributed by atoms with E-state index in [0.717, 1.165) is 31.6 Å². The van der Waals surface area contributed by atoms with Gasteiger partial charge in [-0.25, -0.2) is 0 Å². The van der Waals surface area contributed by atoms with Gasteiger partial charge in [0.05, 0.1) is 0 Å². The summed E-state index contributed by atoms with van der Waals surface area (Å²) in [6, 6.07) is 9.49. The zero-order valence-electron chi connectivity index (χ0n) is 11.0. The molecule has 0 unspecified atom stereocenters. The number of carbonyl (C=O) groups excluding carboxylic acids is 1. The first kappa shape index (κ1) is 13.7. The smallest absolute Gasteiger partial charge is 0.253 e. The summed E-state index contributed by atoms with van der Waals surface area (Å²) < 4.78 is 0. The Hall–Kier alpha value is -1.35. The minimum Gasteiger partial charge on any atom is -0.337 e. The van der Waals surface area contributed by atoms with Crippen LogP contribution in [-0.2, 0) is 0 Å². The van der Waals surface area contributed by atoms with Crippen molar-refractivity contribution in [1.29, 1.82) is 0 Å². The maximum atomic E-state index is 12.3. The number of benzene rings is 1. The number of hydrogen-bond donors (Lipinski definition) is 0. The Morgan fingerprint density at radius 2 is 1.71 bits per heavy atom. The van der Waals surface area contributed by atoms with Crippen LogP contribution in [0.2, 0.25) is 0 Å². The molecule has 3 nitrogen and oxygen atoms in total. The van der Waals surface area contributed by atoms with Gasteiger partial charge in [-0.05, 0) is 32.6 Å². The highest BCUT2D eigenvalue weighted by Crippen LogP contribution is 2.05. The van der Waals surface area contributed by atoms with Crippen molar-refractivity contribution in [3.63, 3.8) is 0 Å². The molecule has 0 saturated carbocycles. The van der Waals surface area contributed by atoms with Gasteiger partial charge in [0.15, 0.2) is 0 Å². The van der Waals surface area contributed by atoms with Gasteiger partial charge in [0.25, 0.3) is 5.91 Å². The largest absolute Gasteiger partial charge is 0.337 e. The van der Waals surface area contributed by atoms with Crippen LogP contribution >= 0.6 is 0 Å². The van der Waals surface area contributed by atoms with E-state index in [1.165, 1.54) is 0 Å². The quantitative estimate of drug-likeness (QED) is 0.752. The van der Waals surface area contributed by atoms with Crippen molar-refractivity contribution in [2.45, 2.75) is 13.3 Å². The molecule has 0 spiro atoms. The summed E-state index contributed by atoms with van der Waals surface area (Å²) in [6.45, 7) is 4.61. The van der Waals surface area contributed by atoms with Gasteiger partial charge in [0.1, 0.15) is 0 Å². The summed E-state index contributed by atoms with van der Waals surface area (Å²) in [6.07, 6.45) is 0.992. The number of rotatable bonds is 6. The minimum atomic E-state index is 0.134. The molecule has 1 aromatic carbocycles. The van der Waals surface area contributed by atoms with Crippen LogP contribution in [0.4, 0.5) is 0 Å². The van der Waals surface area contributed by atoms with Crippen molar-refractivity contribution >= 4 is 5.91 Å². The highest BCUT2D eigenvalue weighted by Gasteiger charge is 2.14. The third-order valence-electron chi connectivity index (χ3n) is 2.62. The van der Waals surface area contributed by atoms with Gasteiger partial charge >= 0.3 is 0 Å². The molecule has 1 rings (SSSR count). The average Bonchev–Trinajstić information content (AvgIpc) is 2.34. The van der Waals surface area contributed by atoms with Crippen LogP contribution in [0.1, 0.15) is 23.7 Å². The van der Waals surface area contributed by atoms with Crippen LogP contribution in [0.25, 0.3) is 0 Å². The second kappa shape index (κ2) is 7.07. The molecule has 94 valence electrons. The van der Waals surface area contributed by atoms with Gasteiger partial charge in [-0.15, -0.1) is 0 Å². The molecule has 0 aromatic heterocycles. The van der Waals surface area contributed by atoms with Gasteiger partial charge in [0.2, 0.25) is 0 Å². The van der Waals surface area contributed by atoms with Gasteiger partial charge in [0, 0.05) is 25.2 Å². The van der Waals surface area contributed by atoms with E-state index in [-0.39, 0.29) is 5.91 Å². The third-order valence-corrected chi connectivity index (χ3v) is 2.62. The minimum absolute atomic E-state index is 0.134. The zero-order valence-corrected chi connectivity index (χ0v) is 11.0. The van der Waals surface area contributed by atoms with E-state index in [2.05, 4.69) is 11.8 Å². The van der Waals surface area contributed by atoms with Crippen molar-refractivity contribution in [3.8, 4) is 0 Å². The molecule has 0 radical (unpaired) electrons. The van der Waals surface area contributed by atoms with E-state index in [1.54, 1.807) is 0 Å². The molecule has 0 aliphatic heterocycles. The van der Waals surface area contributed by atoms with Crippen LogP contribution in [0.15, 0.2) is 30.3 Å². The van der Waals surface area contributed by atoms with Crippen molar-refractivity contribution in [2.75, 3.05) is 33.7 Å². The molecule has 17 heavy (non-hydrogen) atoms. The fourth-order valence-electron chi connectivity index (χ4n) is 1.67. The topological polar surface area (TPSA) is 23.6 Å². The first-order chi connectivity index (χ1) is 8.15. The zero-order chi connectivity index (χ0) is 12.7. The Kier molecular flexibility index (Phi) is 5.70. The van der Waals surface area contributed by atoms with Crippen LogP contribution in [0.5, 0.6) is 0 Å². The van der Waals surface area contributed by atoms with E-state index in [0.29, 0.717) is 0 Å². The Bertz CT molecular complexity index is 335. The number of hydrogen-bond acceptors (Lipinski definition) is 2. The van der Waals surface area contributed by atoms with E-state index >= 15 is 0 Å². The summed E-state index contributed by atoms with van der Waals surface area (Å²) in [7, 11) is 4.05. The molecular weight excluding hydrogens is 212 g/mol. The lowest BCUT2D eigenvalue weighted by molar-refractivity contribution is 0.0745. The molecule has 0 fully saturated rings. The standard InChI is InChI=1S/C14H22N2O/c1-4-10-16(12-11-15(2)3)14(17)13-8-6-5-7-9-13/h5-9H,4,10-12H2,1-3H3. The molecule has 0 heterocycles. The molecule has 0 saturated heterocycles. The van der Waals surface area contributed by atoms with E-state index in [9.17, 15) is 4.79 Å². The van der Waals surface area contributed by atoms with Gasteiger partial charge in [-0.1, -0.05) is 25.1 Å².